The van der Waals surface area contributed by atoms with E-state index in [0.717, 1.165) is 14.4 Å². The van der Waals surface area contributed by atoms with Crippen LogP contribution in [0.2, 0.25) is 0 Å². The molecule has 90 valence electrons. The SMILES string of the molecule is O=C(O)c1cnc2ccc(-c3ccc(Br)s3)nn12. The van der Waals surface area contributed by atoms with Crippen LogP contribution in [0.3, 0.4) is 0 Å². The first-order valence-electron chi connectivity index (χ1n) is 4.99. The predicted octanol–water partition coefficient (Wildman–Crippen LogP) is 2.92. The molecule has 3 aromatic rings. The zero-order chi connectivity index (χ0) is 12.7. The molecule has 7 heteroatoms. The van der Waals surface area contributed by atoms with Gasteiger partial charge in [-0.15, -0.1) is 11.3 Å². The number of aromatic nitrogens is 3. The number of carboxylic acids is 1. The molecule has 0 fully saturated rings. The lowest BCUT2D eigenvalue weighted by Gasteiger charge is -1.99. The van der Waals surface area contributed by atoms with E-state index in [1.807, 2.05) is 18.2 Å². The van der Waals surface area contributed by atoms with Crippen LogP contribution in [0.1, 0.15) is 10.5 Å². The van der Waals surface area contributed by atoms with Crippen molar-refractivity contribution in [2.24, 2.45) is 0 Å². The van der Waals surface area contributed by atoms with Crippen LogP contribution < -0.4 is 0 Å². The van der Waals surface area contributed by atoms with Gasteiger partial charge in [0.05, 0.1) is 14.9 Å². The first-order valence-corrected chi connectivity index (χ1v) is 6.60. The first kappa shape index (κ1) is 11.4. The quantitative estimate of drug-likeness (QED) is 0.787. The zero-order valence-electron chi connectivity index (χ0n) is 8.87. The van der Waals surface area contributed by atoms with Crippen molar-refractivity contribution in [2.75, 3.05) is 0 Å². The normalized spacial score (nSPS) is 10.9. The van der Waals surface area contributed by atoms with E-state index in [4.69, 9.17) is 5.11 Å². The number of hydrogen-bond donors (Lipinski definition) is 1. The molecule has 0 radical (unpaired) electrons. The summed E-state index contributed by atoms with van der Waals surface area (Å²) in [5, 5.41) is 13.3. The van der Waals surface area contributed by atoms with E-state index in [1.165, 1.54) is 22.0 Å². The number of nitrogens with zero attached hydrogens (tertiary/aromatic N) is 3. The third-order valence-electron chi connectivity index (χ3n) is 2.41. The largest absolute Gasteiger partial charge is 0.476 e. The number of halogens is 1. The highest BCUT2D eigenvalue weighted by Crippen LogP contribution is 2.30. The smallest absolute Gasteiger partial charge is 0.356 e. The molecule has 18 heavy (non-hydrogen) atoms. The Morgan fingerprint density at radius 2 is 2.17 bits per heavy atom. The van der Waals surface area contributed by atoms with E-state index < -0.39 is 5.97 Å². The van der Waals surface area contributed by atoms with Gasteiger partial charge >= 0.3 is 5.97 Å². The molecule has 0 aliphatic carbocycles. The molecule has 0 saturated heterocycles. The second-order valence-corrected chi connectivity index (χ2v) is 6.00. The second-order valence-electron chi connectivity index (χ2n) is 3.54. The lowest BCUT2D eigenvalue weighted by atomic mass is 10.3. The minimum atomic E-state index is -1.04. The molecule has 0 bridgehead atoms. The van der Waals surface area contributed by atoms with Gasteiger partial charge in [-0.05, 0) is 40.2 Å². The van der Waals surface area contributed by atoms with Crippen LogP contribution in [0.25, 0.3) is 16.2 Å². The maximum atomic E-state index is 11.0. The van der Waals surface area contributed by atoms with Crippen molar-refractivity contribution in [2.45, 2.75) is 0 Å². The number of aromatic carboxylic acids is 1. The number of fused-ring (bicyclic) bond motifs is 1. The maximum absolute atomic E-state index is 11.0. The fourth-order valence-electron chi connectivity index (χ4n) is 1.60. The molecule has 3 aromatic heterocycles. The van der Waals surface area contributed by atoms with Gasteiger partial charge in [0.2, 0.25) is 0 Å². The number of thiophene rings is 1. The summed E-state index contributed by atoms with van der Waals surface area (Å²) in [5.74, 6) is -1.04. The van der Waals surface area contributed by atoms with Crippen LogP contribution in [0.15, 0.2) is 34.2 Å². The Morgan fingerprint density at radius 1 is 1.33 bits per heavy atom. The van der Waals surface area contributed by atoms with Gasteiger partial charge in [-0.2, -0.15) is 5.10 Å². The minimum absolute atomic E-state index is 0.0578. The van der Waals surface area contributed by atoms with Crippen LogP contribution >= 0.6 is 27.3 Å². The summed E-state index contributed by atoms with van der Waals surface area (Å²) in [6.07, 6.45) is 1.30. The number of carboxylic acid groups (broad SMARTS) is 1. The van der Waals surface area contributed by atoms with Crippen LogP contribution in [-0.4, -0.2) is 25.7 Å². The maximum Gasteiger partial charge on any atom is 0.356 e. The summed E-state index contributed by atoms with van der Waals surface area (Å²) in [5.41, 5.74) is 1.30. The van der Waals surface area contributed by atoms with Crippen LogP contribution in [0.5, 0.6) is 0 Å². The monoisotopic (exact) mass is 323 g/mol. The Bertz CT molecular complexity index is 750. The number of rotatable bonds is 2. The van der Waals surface area contributed by atoms with E-state index in [1.54, 1.807) is 6.07 Å². The summed E-state index contributed by atoms with van der Waals surface area (Å²) >= 11 is 4.93. The Hall–Kier alpha value is -1.73. The molecular formula is C11H6BrN3O2S. The van der Waals surface area contributed by atoms with E-state index in [-0.39, 0.29) is 5.69 Å². The topological polar surface area (TPSA) is 67.5 Å². The highest BCUT2D eigenvalue weighted by Gasteiger charge is 2.12. The lowest BCUT2D eigenvalue weighted by Crippen LogP contribution is -2.04. The summed E-state index contributed by atoms with van der Waals surface area (Å²) in [6, 6.07) is 7.44. The minimum Gasteiger partial charge on any atom is -0.476 e. The lowest BCUT2D eigenvalue weighted by molar-refractivity contribution is 0.0688. The molecule has 0 aliphatic heterocycles. The molecule has 0 saturated carbocycles. The average Bonchev–Trinajstić information content (AvgIpc) is 2.93. The third-order valence-corrected chi connectivity index (χ3v) is 4.05. The van der Waals surface area contributed by atoms with Crippen molar-refractivity contribution < 1.29 is 9.90 Å². The van der Waals surface area contributed by atoms with Crippen molar-refractivity contribution in [1.82, 2.24) is 14.6 Å². The van der Waals surface area contributed by atoms with Gasteiger partial charge in [-0.25, -0.2) is 14.3 Å². The van der Waals surface area contributed by atoms with Crippen molar-refractivity contribution in [3.8, 4) is 10.6 Å². The van der Waals surface area contributed by atoms with Crippen molar-refractivity contribution in [1.29, 1.82) is 0 Å². The summed E-state index contributed by atoms with van der Waals surface area (Å²) in [7, 11) is 0. The zero-order valence-corrected chi connectivity index (χ0v) is 11.3. The highest BCUT2D eigenvalue weighted by atomic mass is 79.9. The molecule has 3 rings (SSSR count). The Labute approximate surface area is 114 Å². The van der Waals surface area contributed by atoms with E-state index in [2.05, 4.69) is 26.0 Å². The Kier molecular flexibility index (Phi) is 2.64. The summed E-state index contributed by atoms with van der Waals surface area (Å²) < 4.78 is 2.34. The van der Waals surface area contributed by atoms with Crippen molar-refractivity contribution in [3.05, 3.63) is 39.9 Å². The van der Waals surface area contributed by atoms with Gasteiger partial charge in [0.15, 0.2) is 11.3 Å². The van der Waals surface area contributed by atoms with Crippen molar-refractivity contribution in [3.63, 3.8) is 0 Å². The molecule has 0 spiro atoms. The first-order chi connectivity index (χ1) is 8.65. The molecule has 5 nitrogen and oxygen atoms in total. The molecule has 0 aromatic carbocycles. The predicted molar refractivity (Wildman–Crippen MR) is 71.0 cm³/mol. The molecule has 1 N–H and O–H groups in total. The van der Waals surface area contributed by atoms with E-state index >= 15 is 0 Å². The molecular weight excluding hydrogens is 318 g/mol. The number of carbonyl (C=O) groups is 1. The van der Waals surface area contributed by atoms with Crippen LogP contribution in [0.4, 0.5) is 0 Å². The number of hydrogen-bond acceptors (Lipinski definition) is 4. The van der Waals surface area contributed by atoms with Crippen LogP contribution in [0, 0.1) is 0 Å². The fourth-order valence-corrected chi connectivity index (χ4v) is 2.95. The molecule has 0 unspecified atom stereocenters. The standard InChI is InChI=1S/C11H6BrN3O2S/c12-9-3-2-8(18-9)6-1-4-10-13-5-7(11(16)17)15(10)14-6/h1-5H,(H,16,17). The Balaban J connectivity index is 2.20. The second kappa shape index (κ2) is 4.18. The van der Waals surface area contributed by atoms with Gasteiger partial charge in [0.1, 0.15) is 5.69 Å². The van der Waals surface area contributed by atoms with Crippen molar-refractivity contribution >= 4 is 38.9 Å². The van der Waals surface area contributed by atoms with Gasteiger partial charge in [0, 0.05) is 0 Å². The highest BCUT2D eigenvalue weighted by molar-refractivity contribution is 9.11. The molecule has 3 heterocycles. The van der Waals surface area contributed by atoms with Crippen LogP contribution in [-0.2, 0) is 0 Å². The molecule has 0 aliphatic rings. The Morgan fingerprint density at radius 3 is 2.83 bits per heavy atom. The van der Waals surface area contributed by atoms with Gasteiger partial charge in [0.25, 0.3) is 0 Å². The van der Waals surface area contributed by atoms with Gasteiger partial charge in [-0.1, -0.05) is 0 Å². The number of imidazole rings is 1. The summed E-state index contributed by atoms with van der Waals surface area (Å²) in [6.45, 7) is 0. The van der Waals surface area contributed by atoms with Gasteiger partial charge < -0.3 is 5.11 Å². The molecule has 0 amide bonds. The van der Waals surface area contributed by atoms with E-state index in [9.17, 15) is 4.79 Å². The fraction of sp³-hybridized carbons (Fsp3) is 0. The summed E-state index contributed by atoms with van der Waals surface area (Å²) in [4.78, 5) is 16.0. The molecule has 0 atom stereocenters. The van der Waals surface area contributed by atoms with Gasteiger partial charge in [-0.3, -0.25) is 0 Å². The van der Waals surface area contributed by atoms with E-state index in [0.29, 0.717) is 5.65 Å². The average molecular weight is 324 g/mol. The third kappa shape index (κ3) is 1.81.